The molecule has 0 heterocycles. The zero-order chi connectivity index (χ0) is 14.5. The maximum absolute atomic E-state index is 11.8. The third-order valence-electron chi connectivity index (χ3n) is 3.16. The molecule has 0 fully saturated rings. The molecule has 1 unspecified atom stereocenters. The normalized spacial score (nSPS) is 14.2. The number of nitrogens with one attached hydrogen (secondary N) is 1. The number of hydrogen-bond donors (Lipinski definition) is 2. The molecule has 1 aromatic carbocycles. The van der Waals surface area contributed by atoms with E-state index >= 15 is 0 Å². The van der Waals surface area contributed by atoms with Gasteiger partial charge in [0.15, 0.2) is 0 Å². The lowest BCUT2D eigenvalue weighted by molar-refractivity contribution is -0.123. The SMILES string of the molecule is CCN(CC(C)(NC(C)C)C(N)=O)c1ccccc1. The van der Waals surface area contributed by atoms with Crippen LogP contribution >= 0.6 is 0 Å². The fourth-order valence-corrected chi connectivity index (χ4v) is 2.24. The Morgan fingerprint density at radius 2 is 1.95 bits per heavy atom. The third-order valence-corrected chi connectivity index (χ3v) is 3.16. The number of carbonyl (C=O) groups excluding carboxylic acids is 1. The van der Waals surface area contributed by atoms with Crippen molar-refractivity contribution in [2.75, 3.05) is 18.0 Å². The van der Waals surface area contributed by atoms with Crippen LogP contribution in [0.25, 0.3) is 0 Å². The number of amides is 1. The number of para-hydroxylation sites is 1. The zero-order valence-corrected chi connectivity index (χ0v) is 12.3. The number of rotatable bonds is 7. The zero-order valence-electron chi connectivity index (χ0n) is 12.3. The Balaban J connectivity index is 2.91. The number of hydrogen-bond acceptors (Lipinski definition) is 3. The van der Waals surface area contributed by atoms with Gasteiger partial charge in [-0.25, -0.2) is 0 Å². The second-order valence-corrected chi connectivity index (χ2v) is 5.35. The predicted octanol–water partition coefficient (Wildman–Crippen LogP) is 1.75. The molecule has 0 saturated carbocycles. The van der Waals surface area contributed by atoms with Gasteiger partial charge in [-0.15, -0.1) is 0 Å². The molecule has 1 rings (SSSR count). The first-order chi connectivity index (χ1) is 8.89. The second-order valence-electron chi connectivity index (χ2n) is 5.35. The Morgan fingerprint density at radius 1 is 1.37 bits per heavy atom. The molecule has 4 heteroatoms. The van der Waals surface area contributed by atoms with Crippen molar-refractivity contribution in [1.82, 2.24) is 5.32 Å². The topological polar surface area (TPSA) is 58.4 Å². The van der Waals surface area contributed by atoms with Gasteiger partial charge in [-0.2, -0.15) is 0 Å². The first-order valence-electron chi connectivity index (χ1n) is 6.76. The van der Waals surface area contributed by atoms with E-state index in [4.69, 9.17) is 5.73 Å². The van der Waals surface area contributed by atoms with Crippen molar-refractivity contribution in [3.63, 3.8) is 0 Å². The number of benzene rings is 1. The van der Waals surface area contributed by atoms with Crippen LogP contribution in [0.2, 0.25) is 0 Å². The molecule has 4 nitrogen and oxygen atoms in total. The van der Waals surface area contributed by atoms with Crippen LogP contribution in [0.3, 0.4) is 0 Å². The Labute approximate surface area is 116 Å². The van der Waals surface area contributed by atoms with Crippen molar-refractivity contribution in [2.24, 2.45) is 5.73 Å². The molecular weight excluding hydrogens is 238 g/mol. The first kappa shape index (κ1) is 15.5. The summed E-state index contributed by atoms with van der Waals surface area (Å²) in [5, 5.41) is 3.27. The number of nitrogens with two attached hydrogens (primary N) is 1. The molecule has 1 amide bonds. The fourth-order valence-electron chi connectivity index (χ4n) is 2.24. The van der Waals surface area contributed by atoms with Crippen LogP contribution in [-0.2, 0) is 4.79 Å². The maximum atomic E-state index is 11.8. The average Bonchev–Trinajstić information content (AvgIpc) is 2.36. The summed E-state index contributed by atoms with van der Waals surface area (Å²) < 4.78 is 0. The van der Waals surface area contributed by atoms with Crippen LogP contribution in [0.5, 0.6) is 0 Å². The molecule has 106 valence electrons. The highest BCUT2D eigenvalue weighted by molar-refractivity contribution is 5.85. The molecular formula is C15H25N3O. The van der Waals surface area contributed by atoms with Gasteiger partial charge in [0.1, 0.15) is 5.54 Å². The molecule has 0 aromatic heterocycles. The number of anilines is 1. The highest BCUT2D eigenvalue weighted by Gasteiger charge is 2.33. The van der Waals surface area contributed by atoms with Crippen molar-refractivity contribution >= 4 is 11.6 Å². The van der Waals surface area contributed by atoms with Crippen molar-refractivity contribution in [1.29, 1.82) is 0 Å². The molecule has 0 aliphatic heterocycles. The minimum atomic E-state index is -0.736. The van der Waals surface area contributed by atoms with Gasteiger partial charge in [-0.3, -0.25) is 10.1 Å². The Hall–Kier alpha value is -1.55. The Kier molecular flexibility index (Phi) is 5.36. The van der Waals surface area contributed by atoms with E-state index in [1.165, 1.54) is 0 Å². The summed E-state index contributed by atoms with van der Waals surface area (Å²) >= 11 is 0. The number of nitrogens with zero attached hydrogens (tertiary/aromatic N) is 1. The van der Waals surface area contributed by atoms with Crippen LogP contribution in [0.4, 0.5) is 5.69 Å². The summed E-state index contributed by atoms with van der Waals surface area (Å²) in [6.45, 7) is 9.35. The molecule has 0 radical (unpaired) electrons. The van der Waals surface area contributed by atoms with Crippen molar-refractivity contribution in [2.45, 2.75) is 39.3 Å². The van der Waals surface area contributed by atoms with Gasteiger partial charge in [-0.05, 0) is 39.8 Å². The van der Waals surface area contributed by atoms with Gasteiger partial charge >= 0.3 is 0 Å². The molecule has 19 heavy (non-hydrogen) atoms. The van der Waals surface area contributed by atoms with E-state index in [0.29, 0.717) is 6.54 Å². The molecule has 1 atom stereocenters. The fraction of sp³-hybridized carbons (Fsp3) is 0.533. The van der Waals surface area contributed by atoms with E-state index in [9.17, 15) is 4.79 Å². The highest BCUT2D eigenvalue weighted by Crippen LogP contribution is 2.17. The van der Waals surface area contributed by atoms with Gasteiger partial charge in [0.05, 0.1) is 0 Å². The largest absolute Gasteiger partial charge is 0.369 e. The van der Waals surface area contributed by atoms with Crippen molar-refractivity contribution < 1.29 is 4.79 Å². The number of carbonyl (C=O) groups is 1. The van der Waals surface area contributed by atoms with E-state index in [2.05, 4.69) is 17.1 Å². The quantitative estimate of drug-likeness (QED) is 0.788. The van der Waals surface area contributed by atoms with Crippen molar-refractivity contribution in [3.05, 3.63) is 30.3 Å². The molecule has 0 saturated heterocycles. The van der Waals surface area contributed by atoms with E-state index in [1.54, 1.807) is 0 Å². The summed E-state index contributed by atoms with van der Waals surface area (Å²) in [7, 11) is 0. The first-order valence-corrected chi connectivity index (χ1v) is 6.76. The lowest BCUT2D eigenvalue weighted by Crippen LogP contribution is -2.61. The Bertz CT molecular complexity index is 405. The predicted molar refractivity (Wildman–Crippen MR) is 80.2 cm³/mol. The van der Waals surface area contributed by atoms with E-state index < -0.39 is 5.54 Å². The minimum absolute atomic E-state index is 0.201. The van der Waals surface area contributed by atoms with Gasteiger partial charge in [-0.1, -0.05) is 18.2 Å². The summed E-state index contributed by atoms with van der Waals surface area (Å²) in [4.78, 5) is 13.9. The van der Waals surface area contributed by atoms with Gasteiger partial charge < -0.3 is 10.6 Å². The number of primary amides is 1. The van der Waals surface area contributed by atoms with Crippen LogP contribution in [0.15, 0.2) is 30.3 Å². The van der Waals surface area contributed by atoms with Gasteiger partial charge in [0.2, 0.25) is 5.91 Å². The highest BCUT2D eigenvalue weighted by atomic mass is 16.1. The lowest BCUT2D eigenvalue weighted by atomic mass is 9.99. The minimum Gasteiger partial charge on any atom is -0.369 e. The van der Waals surface area contributed by atoms with E-state index in [0.717, 1.165) is 12.2 Å². The smallest absolute Gasteiger partial charge is 0.239 e. The standard InChI is InChI=1S/C15H25N3O/c1-5-18(13-9-7-6-8-10-13)11-15(4,14(16)19)17-12(2)3/h6-10,12,17H,5,11H2,1-4H3,(H2,16,19). The monoisotopic (exact) mass is 263 g/mol. The molecule has 1 aromatic rings. The van der Waals surface area contributed by atoms with Crippen LogP contribution < -0.4 is 16.0 Å². The summed E-state index contributed by atoms with van der Waals surface area (Å²) in [5.74, 6) is -0.324. The summed E-state index contributed by atoms with van der Waals surface area (Å²) in [6, 6.07) is 10.3. The summed E-state index contributed by atoms with van der Waals surface area (Å²) in [6.07, 6.45) is 0. The maximum Gasteiger partial charge on any atom is 0.239 e. The third kappa shape index (κ3) is 4.24. The number of likely N-dealkylation sites (N-methyl/N-ethyl adjacent to an activating group) is 1. The van der Waals surface area contributed by atoms with Crippen LogP contribution in [-0.4, -0.2) is 30.6 Å². The Morgan fingerprint density at radius 3 is 2.37 bits per heavy atom. The van der Waals surface area contributed by atoms with E-state index in [-0.39, 0.29) is 11.9 Å². The lowest BCUT2D eigenvalue weighted by Gasteiger charge is -2.36. The van der Waals surface area contributed by atoms with Gasteiger partial charge in [0.25, 0.3) is 0 Å². The summed E-state index contributed by atoms with van der Waals surface area (Å²) in [5.41, 5.74) is 5.94. The van der Waals surface area contributed by atoms with Gasteiger partial charge in [0, 0.05) is 24.8 Å². The van der Waals surface area contributed by atoms with Crippen molar-refractivity contribution in [3.8, 4) is 0 Å². The second kappa shape index (κ2) is 6.57. The molecule has 3 N–H and O–H groups in total. The van der Waals surface area contributed by atoms with Crippen LogP contribution in [0, 0.1) is 0 Å². The molecule has 0 aliphatic rings. The van der Waals surface area contributed by atoms with E-state index in [1.807, 2.05) is 51.1 Å². The molecule has 0 spiro atoms. The molecule has 0 aliphatic carbocycles. The van der Waals surface area contributed by atoms with Crippen LogP contribution in [0.1, 0.15) is 27.7 Å². The molecule has 0 bridgehead atoms. The average molecular weight is 263 g/mol.